The first-order valence-electron chi connectivity index (χ1n) is 7.90. The predicted molar refractivity (Wildman–Crippen MR) is 94.0 cm³/mol. The minimum atomic E-state index is 0.375. The van der Waals surface area contributed by atoms with Crippen LogP contribution in [0.5, 0.6) is 5.75 Å². The lowest BCUT2D eigenvalue weighted by Crippen LogP contribution is -1.97. The fourth-order valence-electron chi connectivity index (χ4n) is 2.29. The van der Waals surface area contributed by atoms with Gasteiger partial charge in [0.05, 0.1) is 0 Å². The Balaban J connectivity index is 1.95. The zero-order chi connectivity index (χ0) is 15.9. The van der Waals surface area contributed by atoms with E-state index in [2.05, 4.69) is 50.9 Å². The Morgan fingerprint density at radius 2 is 1.68 bits per heavy atom. The molecule has 2 aromatic rings. The lowest BCUT2D eigenvalue weighted by Gasteiger charge is -2.08. The van der Waals surface area contributed by atoms with Gasteiger partial charge in [0, 0.05) is 12.3 Å². The number of aliphatic imine (C=N–C) groups is 1. The van der Waals surface area contributed by atoms with Crippen LogP contribution in [0.4, 0.5) is 0 Å². The van der Waals surface area contributed by atoms with Gasteiger partial charge in [-0.05, 0) is 62.6 Å². The Morgan fingerprint density at radius 3 is 2.27 bits per heavy atom. The fourth-order valence-corrected chi connectivity index (χ4v) is 2.29. The van der Waals surface area contributed by atoms with E-state index in [0.717, 1.165) is 17.7 Å². The Morgan fingerprint density at radius 1 is 1.05 bits per heavy atom. The molecule has 2 aromatic carbocycles. The van der Waals surface area contributed by atoms with Crippen molar-refractivity contribution < 1.29 is 4.74 Å². The summed E-state index contributed by atoms with van der Waals surface area (Å²) in [5.41, 5.74) is 4.87. The van der Waals surface area contributed by atoms with Crippen LogP contribution in [0.3, 0.4) is 0 Å². The molecule has 2 rings (SSSR count). The highest BCUT2D eigenvalue weighted by molar-refractivity contribution is 5.79. The first-order chi connectivity index (χ1) is 10.6. The number of hydrogen-bond acceptors (Lipinski definition) is 2. The van der Waals surface area contributed by atoms with Gasteiger partial charge in [0.2, 0.25) is 0 Å². The van der Waals surface area contributed by atoms with Crippen LogP contribution in [-0.2, 0) is 6.61 Å². The molecule has 0 heterocycles. The summed E-state index contributed by atoms with van der Waals surface area (Å²) < 4.78 is 5.86. The largest absolute Gasteiger partial charge is 0.489 e. The summed E-state index contributed by atoms with van der Waals surface area (Å²) in [4.78, 5) is 4.49. The molecule has 116 valence electrons. The summed E-state index contributed by atoms with van der Waals surface area (Å²) in [7, 11) is 0. The molecule has 1 atom stereocenters. The maximum Gasteiger partial charge on any atom is 0.119 e. The summed E-state index contributed by atoms with van der Waals surface area (Å²) >= 11 is 0. The summed E-state index contributed by atoms with van der Waals surface area (Å²) in [6, 6.07) is 15.0. The minimum Gasteiger partial charge on any atom is -0.489 e. The van der Waals surface area contributed by atoms with Crippen LogP contribution in [0.2, 0.25) is 0 Å². The van der Waals surface area contributed by atoms with E-state index in [1.165, 1.54) is 16.7 Å². The second kappa shape index (κ2) is 7.79. The smallest absolute Gasteiger partial charge is 0.119 e. The highest BCUT2D eigenvalue weighted by Crippen LogP contribution is 2.15. The van der Waals surface area contributed by atoms with Crippen LogP contribution < -0.4 is 4.74 Å². The zero-order valence-electron chi connectivity index (χ0n) is 14.0. The number of ether oxygens (including phenoxy) is 1. The monoisotopic (exact) mass is 295 g/mol. The van der Waals surface area contributed by atoms with E-state index in [-0.39, 0.29) is 0 Å². The van der Waals surface area contributed by atoms with Crippen molar-refractivity contribution in [3.8, 4) is 5.75 Å². The van der Waals surface area contributed by atoms with Gasteiger partial charge in [-0.15, -0.1) is 0 Å². The predicted octanol–water partition coefficient (Wildman–Crippen LogP) is 5.10. The Bertz CT molecular complexity index is 608. The Labute approximate surface area is 133 Å². The third-order valence-corrected chi connectivity index (χ3v) is 3.64. The van der Waals surface area contributed by atoms with Gasteiger partial charge < -0.3 is 4.74 Å². The first kappa shape index (κ1) is 16.3. The maximum absolute atomic E-state index is 5.86. The van der Waals surface area contributed by atoms with Crippen LogP contribution >= 0.6 is 0 Å². The fraction of sp³-hybridized carbons (Fsp3) is 0.350. The van der Waals surface area contributed by atoms with Crippen molar-refractivity contribution in [2.24, 2.45) is 4.99 Å². The molecule has 0 amide bonds. The lowest BCUT2D eigenvalue weighted by molar-refractivity contribution is 0.306. The Kier molecular flexibility index (Phi) is 5.76. The van der Waals surface area contributed by atoms with Gasteiger partial charge >= 0.3 is 0 Å². The quantitative estimate of drug-likeness (QED) is 0.679. The minimum absolute atomic E-state index is 0.375. The topological polar surface area (TPSA) is 21.6 Å². The van der Waals surface area contributed by atoms with Gasteiger partial charge in [-0.2, -0.15) is 0 Å². The van der Waals surface area contributed by atoms with E-state index in [9.17, 15) is 0 Å². The summed E-state index contributed by atoms with van der Waals surface area (Å²) in [5, 5.41) is 0. The molecule has 0 saturated carbocycles. The third kappa shape index (κ3) is 5.03. The highest BCUT2D eigenvalue weighted by Gasteiger charge is 1.99. The average molecular weight is 295 g/mol. The molecule has 0 aliphatic rings. The molecule has 22 heavy (non-hydrogen) atoms. The molecule has 2 heteroatoms. The summed E-state index contributed by atoms with van der Waals surface area (Å²) in [6.45, 7) is 9.09. The van der Waals surface area contributed by atoms with Crippen molar-refractivity contribution in [3.05, 3.63) is 64.7 Å². The molecular weight excluding hydrogens is 270 g/mol. The third-order valence-electron chi connectivity index (χ3n) is 3.64. The van der Waals surface area contributed by atoms with E-state index >= 15 is 0 Å². The molecule has 0 aliphatic heterocycles. The normalized spacial score (nSPS) is 12.5. The van der Waals surface area contributed by atoms with Gasteiger partial charge in [-0.3, -0.25) is 4.99 Å². The van der Waals surface area contributed by atoms with Crippen molar-refractivity contribution in [1.29, 1.82) is 0 Å². The molecule has 2 nitrogen and oxygen atoms in total. The van der Waals surface area contributed by atoms with Crippen LogP contribution in [0.1, 0.15) is 42.5 Å². The molecular formula is C20H25NO. The van der Waals surface area contributed by atoms with Crippen LogP contribution in [-0.4, -0.2) is 12.3 Å². The number of benzene rings is 2. The molecule has 0 bridgehead atoms. The SMILES string of the molecule is CCC(C)/N=C/c1ccc(OCc2cc(C)cc(C)c2)cc1. The van der Waals surface area contributed by atoms with E-state index in [1.807, 2.05) is 30.5 Å². The zero-order valence-corrected chi connectivity index (χ0v) is 14.0. The van der Waals surface area contributed by atoms with Crippen molar-refractivity contribution in [2.75, 3.05) is 0 Å². The molecule has 0 N–H and O–H groups in total. The van der Waals surface area contributed by atoms with Crippen molar-refractivity contribution in [1.82, 2.24) is 0 Å². The summed E-state index contributed by atoms with van der Waals surface area (Å²) in [6.07, 6.45) is 3.00. The van der Waals surface area contributed by atoms with Gasteiger partial charge in [0.25, 0.3) is 0 Å². The van der Waals surface area contributed by atoms with E-state index in [0.29, 0.717) is 12.6 Å². The van der Waals surface area contributed by atoms with Crippen LogP contribution in [0.15, 0.2) is 47.5 Å². The molecule has 0 aliphatic carbocycles. The van der Waals surface area contributed by atoms with E-state index in [4.69, 9.17) is 4.74 Å². The van der Waals surface area contributed by atoms with Crippen molar-refractivity contribution in [2.45, 2.75) is 46.8 Å². The van der Waals surface area contributed by atoms with Gasteiger partial charge in [-0.1, -0.05) is 36.2 Å². The van der Waals surface area contributed by atoms with Crippen LogP contribution in [0, 0.1) is 13.8 Å². The summed E-state index contributed by atoms with van der Waals surface area (Å²) in [5.74, 6) is 0.889. The average Bonchev–Trinajstić information content (AvgIpc) is 2.50. The standard InChI is InChI=1S/C20H25NO/c1-5-17(4)21-13-18-6-8-20(9-7-18)22-14-19-11-15(2)10-16(3)12-19/h6-13,17H,5,14H2,1-4H3/b21-13+. The number of aryl methyl sites for hydroxylation is 2. The molecule has 1 unspecified atom stereocenters. The lowest BCUT2D eigenvalue weighted by atomic mass is 10.1. The Hall–Kier alpha value is -2.09. The maximum atomic E-state index is 5.86. The van der Waals surface area contributed by atoms with Crippen LogP contribution in [0.25, 0.3) is 0 Å². The molecule has 0 saturated heterocycles. The van der Waals surface area contributed by atoms with E-state index < -0.39 is 0 Å². The number of rotatable bonds is 6. The number of nitrogens with zero attached hydrogens (tertiary/aromatic N) is 1. The van der Waals surface area contributed by atoms with Gasteiger partial charge in [0.1, 0.15) is 12.4 Å². The molecule has 0 fully saturated rings. The first-order valence-corrected chi connectivity index (χ1v) is 7.90. The highest BCUT2D eigenvalue weighted by atomic mass is 16.5. The van der Waals surface area contributed by atoms with E-state index in [1.54, 1.807) is 0 Å². The second-order valence-electron chi connectivity index (χ2n) is 5.89. The van der Waals surface area contributed by atoms with Gasteiger partial charge in [0.15, 0.2) is 0 Å². The van der Waals surface area contributed by atoms with Crippen molar-refractivity contribution in [3.63, 3.8) is 0 Å². The van der Waals surface area contributed by atoms with Gasteiger partial charge in [-0.25, -0.2) is 0 Å². The molecule has 0 aromatic heterocycles. The molecule has 0 spiro atoms. The van der Waals surface area contributed by atoms with Crippen molar-refractivity contribution >= 4 is 6.21 Å². The number of hydrogen-bond donors (Lipinski definition) is 0. The molecule has 0 radical (unpaired) electrons. The second-order valence-corrected chi connectivity index (χ2v) is 5.89.